The summed E-state index contributed by atoms with van der Waals surface area (Å²) in [6.07, 6.45) is 0.531. The smallest absolute Gasteiger partial charge is 0.161 e. The van der Waals surface area contributed by atoms with Crippen LogP contribution in [0.15, 0.2) is 96.0 Å². The molecule has 0 saturated heterocycles. The maximum absolute atomic E-state index is 12.6. The highest BCUT2D eigenvalue weighted by molar-refractivity contribution is 5.79. The van der Waals surface area contributed by atoms with E-state index in [9.17, 15) is 8.78 Å². The van der Waals surface area contributed by atoms with E-state index in [2.05, 4.69) is 30.8 Å². The van der Waals surface area contributed by atoms with E-state index < -0.39 is 17.2 Å². The molecule has 4 heteroatoms. The predicted molar refractivity (Wildman–Crippen MR) is 122 cm³/mol. The zero-order chi connectivity index (χ0) is 22.1. The number of rotatable bonds is 5. The van der Waals surface area contributed by atoms with Gasteiger partial charge in [0.05, 0.1) is 5.84 Å². The van der Waals surface area contributed by atoms with Crippen molar-refractivity contribution >= 4 is 5.84 Å². The monoisotopic (exact) mass is 406 g/mol. The lowest BCUT2D eigenvalue weighted by atomic mass is 9.78. The van der Waals surface area contributed by atoms with E-state index in [0.717, 1.165) is 22.8 Å². The molecule has 0 aromatic heterocycles. The molecule has 0 fully saturated rings. The zero-order valence-electron chi connectivity index (χ0n) is 17.7. The maximum Gasteiger partial charge on any atom is 0.161 e. The second-order valence-electron chi connectivity index (χ2n) is 7.04. The Kier molecular flexibility index (Phi) is 8.05. The first-order valence-electron chi connectivity index (χ1n) is 9.84. The van der Waals surface area contributed by atoms with Crippen LogP contribution < -0.4 is 5.73 Å². The number of aliphatic imine (C=N–C) groups is 1. The van der Waals surface area contributed by atoms with Crippen LogP contribution in [0.5, 0.6) is 0 Å². The summed E-state index contributed by atoms with van der Waals surface area (Å²) in [6, 6.07) is 24.5. The molecule has 0 atom stereocenters. The van der Waals surface area contributed by atoms with Crippen molar-refractivity contribution in [1.29, 1.82) is 0 Å². The summed E-state index contributed by atoms with van der Waals surface area (Å²) in [5.41, 5.74) is 8.80. The Hall–Kier alpha value is -3.27. The molecule has 2 nitrogen and oxygen atoms in total. The molecule has 0 amide bonds. The van der Waals surface area contributed by atoms with Crippen LogP contribution in [0.1, 0.15) is 37.5 Å². The third-order valence-corrected chi connectivity index (χ3v) is 4.76. The number of aryl methyl sites for hydroxylation is 1. The quantitative estimate of drug-likeness (QED) is 0.297. The Labute approximate surface area is 177 Å². The van der Waals surface area contributed by atoms with Crippen LogP contribution in [0.2, 0.25) is 0 Å². The van der Waals surface area contributed by atoms with Crippen LogP contribution >= 0.6 is 0 Å². The predicted octanol–water partition coefficient (Wildman–Crippen LogP) is 6.41. The molecule has 3 aromatic rings. The van der Waals surface area contributed by atoms with Crippen molar-refractivity contribution < 1.29 is 8.78 Å². The van der Waals surface area contributed by atoms with Gasteiger partial charge in [0.1, 0.15) is 5.54 Å². The minimum Gasteiger partial charge on any atom is -0.388 e. The fraction of sp³-hybridized carbons (Fsp3) is 0.192. The van der Waals surface area contributed by atoms with Crippen LogP contribution in [0, 0.1) is 11.6 Å². The van der Waals surface area contributed by atoms with E-state index in [1.807, 2.05) is 50.2 Å². The fourth-order valence-electron chi connectivity index (χ4n) is 3.33. The molecule has 0 spiro atoms. The first-order chi connectivity index (χ1) is 14.3. The third kappa shape index (κ3) is 5.20. The normalized spacial score (nSPS) is 11.4. The molecule has 0 aliphatic carbocycles. The number of hydrogen-bond donors (Lipinski definition) is 1. The van der Waals surface area contributed by atoms with Gasteiger partial charge in [-0.2, -0.15) is 0 Å². The second kappa shape index (κ2) is 10.5. The van der Waals surface area contributed by atoms with Crippen molar-refractivity contribution in [3.63, 3.8) is 0 Å². The highest BCUT2D eigenvalue weighted by Crippen LogP contribution is 2.39. The fourth-order valence-corrected chi connectivity index (χ4v) is 3.33. The molecule has 0 aliphatic heterocycles. The number of halogens is 2. The second-order valence-corrected chi connectivity index (χ2v) is 7.04. The Morgan fingerprint density at radius 3 is 1.73 bits per heavy atom. The van der Waals surface area contributed by atoms with Crippen molar-refractivity contribution in [2.45, 2.75) is 32.7 Å². The summed E-state index contributed by atoms with van der Waals surface area (Å²) in [5.74, 6) is -0.940. The van der Waals surface area contributed by atoms with Crippen molar-refractivity contribution in [3.8, 4) is 0 Å². The average molecular weight is 407 g/mol. The Bertz CT molecular complexity index is 953. The number of nitrogens with two attached hydrogens (primary N) is 1. The standard InChI is InChI=1S/C18H20N2.C8H8F2/c1-14(2)18(20-15(3)19,16-10-6-4-7-11-16)17-12-8-5-9-13-17;1-2-6-4-3-5-7(9)8(6)10/h4-13H,1H2,2-3H3,(H2,19,20);3-5H,2H2,1H3. The Morgan fingerprint density at radius 1 is 0.867 bits per heavy atom. The number of hydrogen-bond acceptors (Lipinski definition) is 1. The van der Waals surface area contributed by atoms with Crippen molar-refractivity contribution in [3.05, 3.63) is 119 Å². The summed E-state index contributed by atoms with van der Waals surface area (Å²) in [6.45, 7) is 9.76. The van der Waals surface area contributed by atoms with Crippen molar-refractivity contribution in [2.75, 3.05) is 0 Å². The number of benzene rings is 3. The van der Waals surface area contributed by atoms with Crippen molar-refractivity contribution in [2.24, 2.45) is 10.7 Å². The van der Waals surface area contributed by atoms with Gasteiger partial charge in [-0.15, -0.1) is 0 Å². The highest BCUT2D eigenvalue weighted by atomic mass is 19.2. The molecule has 156 valence electrons. The van der Waals surface area contributed by atoms with Gasteiger partial charge in [-0.25, -0.2) is 8.78 Å². The van der Waals surface area contributed by atoms with Crippen LogP contribution in [0.4, 0.5) is 8.78 Å². The number of nitrogens with zero attached hydrogens (tertiary/aromatic N) is 1. The zero-order valence-corrected chi connectivity index (χ0v) is 17.7. The van der Waals surface area contributed by atoms with Gasteiger partial charge in [0.25, 0.3) is 0 Å². The van der Waals surface area contributed by atoms with E-state index in [1.165, 1.54) is 6.07 Å². The molecule has 0 bridgehead atoms. The van der Waals surface area contributed by atoms with Gasteiger partial charge >= 0.3 is 0 Å². The molecule has 0 unspecified atom stereocenters. The summed E-state index contributed by atoms with van der Waals surface area (Å²) in [4.78, 5) is 4.74. The molecule has 0 radical (unpaired) electrons. The highest BCUT2D eigenvalue weighted by Gasteiger charge is 2.34. The first kappa shape index (κ1) is 23.0. The van der Waals surface area contributed by atoms with Gasteiger partial charge in [0.2, 0.25) is 0 Å². The average Bonchev–Trinajstić information content (AvgIpc) is 2.75. The van der Waals surface area contributed by atoms with Gasteiger partial charge in [-0.3, -0.25) is 4.99 Å². The summed E-state index contributed by atoms with van der Waals surface area (Å²) in [7, 11) is 0. The van der Waals surface area contributed by atoms with Crippen LogP contribution in [-0.4, -0.2) is 5.84 Å². The van der Waals surface area contributed by atoms with Gasteiger partial charge in [0.15, 0.2) is 11.6 Å². The topological polar surface area (TPSA) is 38.4 Å². The lowest BCUT2D eigenvalue weighted by Gasteiger charge is -2.32. The van der Waals surface area contributed by atoms with Crippen LogP contribution in [-0.2, 0) is 12.0 Å². The molecule has 3 aromatic carbocycles. The SMILES string of the molecule is C=C(C)C(N=C(C)N)(c1ccccc1)c1ccccc1.CCc1cccc(F)c1F. The van der Waals surface area contributed by atoms with Gasteiger partial charge in [0, 0.05) is 0 Å². The summed E-state index contributed by atoms with van der Waals surface area (Å²) < 4.78 is 25.0. The molecule has 3 rings (SSSR count). The molecule has 0 heterocycles. The molecule has 0 saturated carbocycles. The summed E-state index contributed by atoms with van der Waals surface area (Å²) in [5, 5.41) is 0. The molecular weight excluding hydrogens is 378 g/mol. The van der Waals surface area contributed by atoms with Crippen LogP contribution in [0.25, 0.3) is 0 Å². The van der Waals surface area contributed by atoms with Gasteiger partial charge in [-0.05, 0) is 48.6 Å². The van der Waals surface area contributed by atoms with E-state index in [4.69, 9.17) is 10.7 Å². The lowest BCUT2D eigenvalue weighted by Crippen LogP contribution is -2.29. The molecule has 30 heavy (non-hydrogen) atoms. The van der Waals surface area contributed by atoms with E-state index >= 15 is 0 Å². The minimum atomic E-state index is -0.764. The Balaban J connectivity index is 0.000000269. The first-order valence-corrected chi connectivity index (χ1v) is 9.84. The van der Waals surface area contributed by atoms with Crippen molar-refractivity contribution in [1.82, 2.24) is 0 Å². The third-order valence-electron chi connectivity index (χ3n) is 4.76. The maximum atomic E-state index is 12.6. The number of amidine groups is 1. The van der Waals surface area contributed by atoms with Gasteiger partial charge < -0.3 is 5.73 Å². The van der Waals surface area contributed by atoms with E-state index in [0.29, 0.717) is 17.8 Å². The molecule has 0 aliphatic rings. The minimum absolute atomic E-state index is 0.431. The van der Waals surface area contributed by atoms with Crippen LogP contribution in [0.3, 0.4) is 0 Å². The lowest BCUT2D eigenvalue weighted by molar-refractivity contribution is 0.500. The molecular formula is C26H28F2N2. The molecule has 2 N–H and O–H groups in total. The largest absolute Gasteiger partial charge is 0.388 e. The van der Waals surface area contributed by atoms with Gasteiger partial charge in [-0.1, -0.05) is 86.3 Å². The Morgan fingerprint density at radius 2 is 1.37 bits per heavy atom. The van der Waals surface area contributed by atoms with E-state index in [-0.39, 0.29) is 0 Å². The van der Waals surface area contributed by atoms with E-state index in [1.54, 1.807) is 13.0 Å². The summed E-state index contributed by atoms with van der Waals surface area (Å²) >= 11 is 0.